The molecule has 0 spiro atoms. The summed E-state index contributed by atoms with van der Waals surface area (Å²) < 4.78 is 13.5. The number of aromatic amines is 1. The van der Waals surface area contributed by atoms with Crippen LogP contribution in [0.25, 0.3) is 10.9 Å². The van der Waals surface area contributed by atoms with Crippen molar-refractivity contribution in [2.24, 2.45) is 4.99 Å². The number of benzene rings is 1. The Morgan fingerprint density at radius 1 is 1.15 bits per heavy atom. The number of hydrogen-bond acceptors (Lipinski definition) is 2. The largest absolute Gasteiger partial charge is 0.361 e. The van der Waals surface area contributed by atoms with E-state index in [2.05, 4.69) is 25.5 Å². The molecule has 26 heavy (non-hydrogen) atoms. The zero-order valence-electron chi connectivity index (χ0n) is 15.7. The van der Waals surface area contributed by atoms with E-state index in [1.54, 1.807) is 19.2 Å². The molecule has 1 fully saturated rings. The lowest BCUT2D eigenvalue weighted by atomic mass is 10.1. The lowest BCUT2D eigenvalue weighted by molar-refractivity contribution is 0.289. The number of nitrogens with zero attached hydrogens (tertiary/aromatic N) is 2. The molecule has 1 saturated heterocycles. The fraction of sp³-hybridized carbons (Fsp3) is 0.550. The molecule has 0 radical (unpaired) electrons. The molecular formula is C20H30FN5. The molecular weight excluding hydrogens is 329 g/mol. The van der Waals surface area contributed by atoms with Gasteiger partial charge in [-0.15, -0.1) is 0 Å². The van der Waals surface area contributed by atoms with Crippen molar-refractivity contribution in [3.63, 3.8) is 0 Å². The lowest BCUT2D eigenvalue weighted by Gasteiger charge is -2.20. The van der Waals surface area contributed by atoms with Crippen LogP contribution < -0.4 is 10.6 Å². The highest BCUT2D eigenvalue weighted by molar-refractivity contribution is 5.83. The van der Waals surface area contributed by atoms with E-state index in [-0.39, 0.29) is 5.82 Å². The second-order valence-corrected chi connectivity index (χ2v) is 6.94. The molecule has 2 aromatic rings. The number of halogens is 1. The topological polar surface area (TPSA) is 55.5 Å². The molecule has 3 N–H and O–H groups in total. The molecule has 142 valence electrons. The summed E-state index contributed by atoms with van der Waals surface area (Å²) >= 11 is 0. The van der Waals surface area contributed by atoms with Crippen molar-refractivity contribution in [3.05, 3.63) is 35.8 Å². The van der Waals surface area contributed by atoms with Gasteiger partial charge in [0, 0.05) is 43.8 Å². The van der Waals surface area contributed by atoms with Crippen molar-refractivity contribution >= 4 is 16.9 Å². The molecule has 0 saturated carbocycles. The maximum atomic E-state index is 13.5. The van der Waals surface area contributed by atoms with E-state index in [0.29, 0.717) is 0 Å². The first-order valence-electron chi connectivity index (χ1n) is 9.68. The van der Waals surface area contributed by atoms with Crippen molar-refractivity contribution in [2.75, 3.05) is 39.8 Å². The van der Waals surface area contributed by atoms with Gasteiger partial charge in [0.05, 0.1) is 0 Å². The number of guanidine groups is 1. The van der Waals surface area contributed by atoms with Crippen LogP contribution in [0.4, 0.5) is 4.39 Å². The standard InChI is InChI=1S/C20H30FN5/c1-22-20(24-10-13-26-11-4-2-3-5-12-26)23-9-8-16-15-25-19-7-6-17(21)14-18(16)19/h6-7,14-15,25H,2-5,8-13H2,1H3,(H2,22,23,24). The van der Waals surface area contributed by atoms with Crippen LogP contribution in [-0.2, 0) is 6.42 Å². The number of nitrogens with one attached hydrogen (secondary N) is 3. The average Bonchev–Trinajstić information content (AvgIpc) is 2.86. The van der Waals surface area contributed by atoms with Gasteiger partial charge in [-0.1, -0.05) is 12.8 Å². The Kier molecular flexibility index (Phi) is 6.89. The number of likely N-dealkylation sites (tertiary alicyclic amines) is 1. The highest BCUT2D eigenvalue weighted by Gasteiger charge is 2.09. The van der Waals surface area contributed by atoms with Crippen LogP contribution in [-0.4, -0.2) is 55.6 Å². The molecule has 1 aliphatic heterocycles. The van der Waals surface area contributed by atoms with Gasteiger partial charge in [-0.3, -0.25) is 4.99 Å². The van der Waals surface area contributed by atoms with Crippen LogP contribution in [0.3, 0.4) is 0 Å². The van der Waals surface area contributed by atoms with Gasteiger partial charge in [-0.2, -0.15) is 0 Å². The van der Waals surface area contributed by atoms with Gasteiger partial charge in [0.15, 0.2) is 5.96 Å². The number of aliphatic imine (C=N–C) groups is 1. The number of fused-ring (bicyclic) bond motifs is 1. The number of aromatic nitrogens is 1. The van der Waals surface area contributed by atoms with Gasteiger partial charge in [0.2, 0.25) is 0 Å². The summed E-state index contributed by atoms with van der Waals surface area (Å²) in [4.78, 5) is 10.0. The fourth-order valence-electron chi connectivity index (χ4n) is 3.59. The summed E-state index contributed by atoms with van der Waals surface area (Å²) in [6, 6.07) is 4.86. The van der Waals surface area contributed by atoms with Crippen molar-refractivity contribution in [3.8, 4) is 0 Å². The van der Waals surface area contributed by atoms with E-state index in [9.17, 15) is 4.39 Å². The van der Waals surface area contributed by atoms with Gasteiger partial charge >= 0.3 is 0 Å². The first-order chi connectivity index (χ1) is 12.8. The van der Waals surface area contributed by atoms with Crippen LogP contribution in [0.5, 0.6) is 0 Å². The normalized spacial score (nSPS) is 16.6. The second kappa shape index (κ2) is 9.57. The summed E-state index contributed by atoms with van der Waals surface area (Å²) in [7, 11) is 1.79. The summed E-state index contributed by atoms with van der Waals surface area (Å²) in [6.07, 6.45) is 8.14. The van der Waals surface area contributed by atoms with E-state index in [1.807, 2.05) is 6.20 Å². The van der Waals surface area contributed by atoms with Gasteiger partial charge in [0.25, 0.3) is 0 Å². The first kappa shape index (κ1) is 18.7. The highest BCUT2D eigenvalue weighted by atomic mass is 19.1. The van der Waals surface area contributed by atoms with Gasteiger partial charge in [0.1, 0.15) is 5.82 Å². The molecule has 2 heterocycles. The Bertz CT molecular complexity index is 716. The molecule has 0 bridgehead atoms. The molecule has 1 aromatic carbocycles. The maximum absolute atomic E-state index is 13.5. The van der Waals surface area contributed by atoms with Crippen LogP contribution in [0.15, 0.2) is 29.4 Å². The van der Waals surface area contributed by atoms with Crippen LogP contribution in [0.2, 0.25) is 0 Å². The summed E-state index contributed by atoms with van der Waals surface area (Å²) in [5.41, 5.74) is 2.09. The molecule has 0 aliphatic carbocycles. The molecule has 1 aliphatic rings. The van der Waals surface area contributed by atoms with E-state index < -0.39 is 0 Å². The SMILES string of the molecule is CN=C(NCCc1c[nH]c2ccc(F)cc12)NCCN1CCCCCC1. The Morgan fingerprint density at radius 3 is 2.69 bits per heavy atom. The average molecular weight is 359 g/mol. The van der Waals surface area contributed by atoms with Crippen molar-refractivity contribution in [1.82, 2.24) is 20.5 Å². The molecule has 3 rings (SSSR count). The minimum absolute atomic E-state index is 0.197. The lowest BCUT2D eigenvalue weighted by Crippen LogP contribution is -2.42. The number of hydrogen-bond donors (Lipinski definition) is 3. The molecule has 0 unspecified atom stereocenters. The van der Waals surface area contributed by atoms with E-state index >= 15 is 0 Å². The Morgan fingerprint density at radius 2 is 1.92 bits per heavy atom. The highest BCUT2D eigenvalue weighted by Crippen LogP contribution is 2.19. The third-order valence-electron chi connectivity index (χ3n) is 5.06. The quantitative estimate of drug-likeness (QED) is 0.549. The van der Waals surface area contributed by atoms with E-state index in [4.69, 9.17) is 0 Å². The third kappa shape index (κ3) is 5.21. The zero-order valence-corrected chi connectivity index (χ0v) is 15.7. The molecule has 5 nitrogen and oxygen atoms in total. The number of rotatable bonds is 6. The third-order valence-corrected chi connectivity index (χ3v) is 5.06. The monoisotopic (exact) mass is 359 g/mol. The summed E-state index contributed by atoms with van der Waals surface area (Å²) in [5.74, 6) is 0.628. The van der Waals surface area contributed by atoms with Gasteiger partial charge < -0.3 is 20.5 Å². The Labute approximate surface area is 155 Å². The molecule has 0 amide bonds. The first-order valence-corrected chi connectivity index (χ1v) is 9.68. The van der Waals surface area contributed by atoms with E-state index in [1.165, 1.54) is 44.8 Å². The predicted molar refractivity (Wildman–Crippen MR) is 106 cm³/mol. The minimum atomic E-state index is -0.197. The smallest absolute Gasteiger partial charge is 0.191 e. The van der Waals surface area contributed by atoms with Gasteiger partial charge in [-0.05, 0) is 56.1 Å². The zero-order chi connectivity index (χ0) is 18.2. The predicted octanol–water partition coefficient (Wildman–Crippen LogP) is 2.89. The van der Waals surface area contributed by atoms with Crippen molar-refractivity contribution in [1.29, 1.82) is 0 Å². The van der Waals surface area contributed by atoms with Crippen LogP contribution in [0.1, 0.15) is 31.2 Å². The molecule has 0 atom stereocenters. The van der Waals surface area contributed by atoms with Crippen molar-refractivity contribution in [2.45, 2.75) is 32.1 Å². The summed E-state index contributed by atoms with van der Waals surface area (Å²) in [5, 5.41) is 7.70. The van der Waals surface area contributed by atoms with E-state index in [0.717, 1.165) is 48.5 Å². The van der Waals surface area contributed by atoms with Gasteiger partial charge in [-0.25, -0.2) is 4.39 Å². The molecule has 6 heteroatoms. The van der Waals surface area contributed by atoms with Crippen LogP contribution >= 0.6 is 0 Å². The minimum Gasteiger partial charge on any atom is -0.361 e. The Balaban J connectivity index is 1.41. The number of H-pyrrole nitrogens is 1. The van der Waals surface area contributed by atoms with Crippen LogP contribution in [0, 0.1) is 5.82 Å². The fourth-order valence-corrected chi connectivity index (χ4v) is 3.59. The Hall–Kier alpha value is -2.08. The molecule has 1 aromatic heterocycles. The summed E-state index contributed by atoms with van der Waals surface area (Å²) in [6.45, 7) is 5.14. The van der Waals surface area contributed by atoms with Crippen molar-refractivity contribution < 1.29 is 4.39 Å². The second-order valence-electron chi connectivity index (χ2n) is 6.94. The maximum Gasteiger partial charge on any atom is 0.191 e.